The Bertz CT molecular complexity index is 662. The van der Waals surface area contributed by atoms with Crippen LogP contribution in [0.1, 0.15) is 16.1 Å². The summed E-state index contributed by atoms with van der Waals surface area (Å²) in [4.78, 5) is 24.4. The zero-order valence-electron chi connectivity index (χ0n) is 12.6. The fourth-order valence-electron chi connectivity index (χ4n) is 2.59. The number of hydrogen-bond acceptors (Lipinski definition) is 5. The van der Waals surface area contributed by atoms with Crippen molar-refractivity contribution in [1.82, 2.24) is 9.97 Å². The first-order valence-corrected chi connectivity index (χ1v) is 7.33. The smallest absolute Gasteiger partial charge is 0.248 e. The highest BCUT2D eigenvalue weighted by Crippen LogP contribution is 2.19. The maximum Gasteiger partial charge on any atom is 0.248 e. The molecule has 0 unspecified atom stereocenters. The third-order valence-electron chi connectivity index (χ3n) is 3.86. The second-order valence-corrected chi connectivity index (χ2v) is 5.38. The third kappa shape index (κ3) is 3.00. The molecule has 0 aliphatic carbocycles. The average Bonchev–Trinajstić information content (AvgIpc) is 2.55. The molecule has 1 saturated heterocycles. The van der Waals surface area contributed by atoms with Crippen LogP contribution in [0.15, 0.2) is 36.5 Å². The number of aromatic nitrogens is 2. The van der Waals surface area contributed by atoms with Crippen LogP contribution in [0.25, 0.3) is 0 Å². The van der Waals surface area contributed by atoms with E-state index in [0.29, 0.717) is 5.56 Å². The zero-order chi connectivity index (χ0) is 15.5. The van der Waals surface area contributed by atoms with Gasteiger partial charge in [-0.3, -0.25) is 4.79 Å². The lowest BCUT2D eigenvalue weighted by atomic mass is 10.1. The summed E-state index contributed by atoms with van der Waals surface area (Å²) in [5.41, 5.74) is 7.89. The number of rotatable bonds is 3. The van der Waals surface area contributed by atoms with E-state index in [1.54, 1.807) is 18.3 Å². The SMILES string of the molecule is Cc1ccnc(N2CCN(c3ccc(C(N)=O)cc3)CC2)n1. The summed E-state index contributed by atoms with van der Waals surface area (Å²) in [7, 11) is 0. The summed E-state index contributed by atoms with van der Waals surface area (Å²) in [5.74, 6) is 0.400. The predicted octanol–water partition coefficient (Wildman–Crippen LogP) is 1.21. The number of aryl methyl sites for hydroxylation is 1. The number of nitrogens with two attached hydrogens (primary N) is 1. The zero-order valence-corrected chi connectivity index (χ0v) is 12.6. The summed E-state index contributed by atoms with van der Waals surface area (Å²) < 4.78 is 0. The van der Waals surface area contributed by atoms with Gasteiger partial charge in [-0.25, -0.2) is 9.97 Å². The minimum absolute atomic E-state index is 0.395. The lowest BCUT2D eigenvalue weighted by Crippen LogP contribution is -2.47. The highest BCUT2D eigenvalue weighted by Gasteiger charge is 2.19. The Morgan fingerprint density at radius 2 is 1.68 bits per heavy atom. The number of carbonyl (C=O) groups excluding carboxylic acids is 1. The Kier molecular flexibility index (Phi) is 3.91. The normalized spacial score (nSPS) is 15.0. The molecule has 22 heavy (non-hydrogen) atoms. The third-order valence-corrected chi connectivity index (χ3v) is 3.86. The van der Waals surface area contributed by atoms with E-state index >= 15 is 0 Å². The molecule has 2 N–H and O–H groups in total. The van der Waals surface area contributed by atoms with Gasteiger partial charge in [-0.1, -0.05) is 0 Å². The van der Waals surface area contributed by atoms with Crippen LogP contribution in [-0.4, -0.2) is 42.1 Å². The Morgan fingerprint density at radius 3 is 2.27 bits per heavy atom. The number of benzene rings is 1. The van der Waals surface area contributed by atoms with Gasteiger partial charge in [-0.05, 0) is 37.3 Å². The van der Waals surface area contributed by atoms with Gasteiger partial charge >= 0.3 is 0 Å². The molecule has 2 heterocycles. The van der Waals surface area contributed by atoms with E-state index in [-0.39, 0.29) is 0 Å². The van der Waals surface area contributed by atoms with Crippen LogP contribution < -0.4 is 15.5 Å². The van der Waals surface area contributed by atoms with Gasteiger partial charge in [0, 0.05) is 49.3 Å². The number of primary amides is 1. The van der Waals surface area contributed by atoms with E-state index in [2.05, 4.69) is 19.8 Å². The Labute approximate surface area is 129 Å². The Hall–Kier alpha value is -2.63. The van der Waals surface area contributed by atoms with Gasteiger partial charge in [0.1, 0.15) is 0 Å². The first-order chi connectivity index (χ1) is 10.6. The minimum atomic E-state index is -0.395. The summed E-state index contributed by atoms with van der Waals surface area (Å²) in [6.07, 6.45) is 1.80. The molecule has 0 saturated carbocycles. The van der Waals surface area contributed by atoms with Crippen LogP contribution in [0.2, 0.25) is 0 Å². The fraction of sp³-hybridized carbons (Fsp3) is 0.312. The van der Waals surface area contributed by atoms with Crippen molar-refractivity contribution in [2.45, 2.75) is 6.92 Å². The summed E-state index contributed by atoms with van der Waals surface area (Å²) >= 11 is 0. The van der Waals surface area contributed by atoms with Crippen molar-refractivity contribution >= 4 is 17.5 Å². The molecule has 1 aliphatic heterocycles. The Morgan fingerprint density at radius 1 is 1.05 bits per heavy atom. The molecule has 1 aliphatic rings. The van der Waals surface area contributed by atoms with Crippen molar-refractivity contribution in [2.75, 3.05) is 36.0 Å². The minimum Gasteiger partial charge on any atom is -0.368 e. The number of amides is 1. The van der Waals surface area contributed by atoms with Gasteiger partial charge < -0.3 is 15.5 Å². The molecule has 0 spiro atoms. The van der Waals surface area contributed by atoms with E-state index in [1.807, 2.05) is 25.1 Å². The number of piperazine rings is 1. The van der Waals surface area contributed by atoms with Crippen molar-refractivity contribution in [3.63, 3.8) is 0 Å². The molecule has 1 aromatic heterocycles. The Balaban J connectivity index is 1.65. The van der Waals surface area contributed by atoms with Crippen molar-refractivity contribution in [2.24, 2.45) is 5.73 Å². The molecule has 0 atom stereocenters. The van der Waals surface area contributed by atoms with E-state index in [0.717, 1.165) is 43.5 Å². The quantitative estimate of drug-likeness (QED) is 0.921. The van der Waals surface area contributed by atoms with Gasteiger partial charge in [0.25, 0.3) is 0 Å². The highest BCUT2D eigenvalue weighted by molar-refractivity contribution is 5.93. The van der Waals surface area contributed by atoms with Crippen molar-refractivity contribution in [3.8, 4) is 0 Å². The first kappa shape index (κ1) is 14.3. The fourth-order valence-corrected chi connectivity index (χ4v) is 2.59. The van der Waals surface area contributed by atoms with Gasteiger partial charge in [0.05, 0.1) is 0 Å². The average molecular weight is 297 g/mol. The van der Waals surface area contributed by atoms with Gasteiger partial charge in [-0.15, -0.1) is 0 Å². The molecule has 1 aromatic carbocycles. The maximum atomic E-state index is 11.1. The molecule has 3 rings (SSSR count). The van der Waals surface area contributed by atoms with Gasteiger partial charge in [-0.2, -0.15) is 0 Å². The van der Waals surface area contributed by atoms with E-state index in [9.17, 15) is 4.79 Å². The summed E-state index contributed by atoms with van der Waals surface area (Å²) in [6, 6.07) is 9.33. The standard InChI is InChI=1S/C16H19N5O/c1-12-6-7-18-16(19-12)21-10-8-20(9-11-21)14-4-2-13(3-5-14)15(17)22/h2-7H,8-11H2,1H3,(H2,17,22). The second kappa shape index (κ2) is 6.01. The molecule has 6 nitrogen and oxygen atoms in total. The number of nitrogens with zero attached hydrogens (tertiary/aromatic N) is 4. The lowest BCUT2D eigenvalue weighted by molar-refractivity contribution is 0.100. The molecule has 1 fully saturated rings. The van der Waals surface area contributed by atoms with Crippen molar-refractivity contribution < 1.29 is 4.79 Å². The molecule has 6 heteroatoms. The van der Waals surface area contributed by atoms with Crippen LogP contribution in [-0.2, 0) is 0 Å². The van der Waals surface area contributed by atoms with Gasteiger partial charge in [0.15, 0.2) is 0 Å². The largest absolute Gasteiger partial charge is 0.368 e. The van der Waals surface area contributed by atoms with Crippen molar-refractivity contribution in [1.29, 1.82) is 0 Å². The topological polar surface area (TPSA) is 75.3 Å². The monoisotopic (exact) mass is 297 g/mol. The molecular formula is C16H19N5O. The van der Waals surface area contributed by atoms with E-state index < -0.39 is 5.91 Å². The van der Waals surface area contributed by atoms with Crippen LogP contribution in [0.5, 0.6) is 0 Å². The predicted molar refractivity (Wildman–Crippen MR) is 86.2 cm³/mol. The van der Waals surface area contributed by atoms with Crippen LogP contribution in [0, 0.1) is 6.92 Å². The number of carbonyl (C=O) groups is 1. The van der Waals surface area contributed by atoms with Crippen LogP contribution in [0.4, 0.5) is 11.6 Å². The molecule has 0 bridgehead atoms. The molecule has 1 amide bonds. The summed E-state index contributed by atoms with van der Waals surface area (Å²) in [5, 5.41) is 0. The van der Waals surface area contributed by atoms with Crippen LogP contribution >= 0.6 is 0 Å². The van der Waals surface area contributed by atoms with E-state index in [1.165, 1.54) is 0 Å². The van der Waals surface area contributed by atoms with Gasteiger partial charge in [0.2, 0.25) is 11.9 Å². The van der Waals surface area contributed by atoms with Crippen LogP contribution in [0.3, 0.4) is 0 Å². The first-order valence-electron chi connectivity index (χ1n) is 7.33. The summed E-state index contributed by atoms with van der Waals surface area (Å²) in [6.45, 7) is 5.52. The number of hydrogen-bond donors (Lipinski definition) is 1. The lowest BCUT2D eigenvalue weighted by Gasteiger charge is -2.36. The second-order valence-electron chi connectivity index (χ2n) is 5.38. The van der Waals surface area contributed by atoms with E-state index in [4.69, 9.17) is 5.73 Å². The number of anilines is 2. The van der Waals surface area contributed by atoms with Crippen molar-refractivity contribution in [3.05, 3.63) is 47.8 Å². The maximum absolute atomic E-state index is 11.1. The molecular weight excluding hydrogens is 278 g/mol. The molecule has 0 radical (unpaired) electrons. The highest BCUT2D eigenvalue weighted by atomic mass is 16.1. The molecule has 114 valence electrons. The molecule has 2 aromatic rings.